The van der Waals surface area contributed by atoms with Crippen molar-refractivity contribution in [3.8, 4) is 5.75 Å². The molecule has 0 spiro atoms. The quantitative estimate of drug-likeness (QED) is 0.653. The molecule has 1 amide bonds. The van der Waals surface area contributed by atoms with Crippen LogP contribution in [-0.2, 0) is 0 Å². The summed E-state index contributed by atoms with van der Waals surface area (Å²) in [7, 11) is 0. The minimum Gasteiger partial charge on any atom is -0.508 e. The number of amides is 1. The van der Waals surface area contributed by atoms with E-state index >= 15 is 0 Å². The maximum absolute atomic E-state index is 11.8. The first kappa shape index (κ1) is 12.8. The minimum atomic E-state index is -0.242. The third-order valence-corrected chi connectivity index (χ3v) is 2.66. The Labute approximate surface area is 111 Å². The molecule has 0 saturated heterocycles. The predicted octanol–water partition coefficient (Wildman–Crippen LogP) is 2.46. The Morgan fingerprint density at radius 1 is 1.16 bits per heavy atom. The van der Waals surface area contributed by atoms with E-state index in [9.17, 15) is 4.79 Å². The van der Waals surface area contributed by atoms with Crippen molar-refractivity contribution in [3.63, 3.8) is 0 Å². The van der Waals surface area contributed by atoms with Crippen LogP contribution in [0, 0.1) is 6.92 Å². The van der Waals surface area contributed by atoms with Crippen LogP contribution < -0.4 is 5.43 Å². The number of hydrazone groups is 1. The summed E-state index contributed by atoms with van der Waals surface area (Å²) < 4.78 is 0. The Hall–Kier alpha value is -2.62. The van der Waals surface area contributed by atoms with E-state index in [1.807, 2.05) is 25.1 Å². The number of aryl methyl sites for hydroxylation is 1. The fourth-order valence-corrected chi connectivity index (χ4v) is 1.61. The molecule has 0 unspecified atom stereocenters. The van der Waals surface area contributed by atoms with E-state index < -0.39 is 0 Å². The van der Waals surface area contributed by atoms with E-state index in [2.05, 4.69) is 10.5 Å². The Kier molecular flexibility index (Phi) is 3.93. The van der Waals surface area contributed by atoms with Gasteiger partial charge in [0.2, 0.25) is 0 Å². The molecule has 0 radical (unpaired) electrons. The van der Waals surface area contributed by atoms with E-state index in [0.717, 1.165) is 11.1 Å². The van der Waals surface area contributed by atoms with Crippen LogP contribution in [0.25, 0.3) is 0 Å². The molecule has 2 aromatic carbocycles. The molecular formula is C15H14N2O2. The summed E-state index contributed by atoms with van der Waals surface area (Å²) in [5.74, 6) is -0.0470. The highest BCUT2D eigenvalue weighted by molar-refractivity contribution is 5.96. The van der Waals surface area contributed by atoms with Gasteiger partial charge >= 0.3 is 0 Å². The summed E-state index contributed by atoms with van der Waals surface area (Å²) in [5.41, 5.74) is 4.77. The molecule has 4 nitrogen and oxygen atoms in total. The number of hydrogen-bond donors (Lipinski definition) is 2. The first-order chi connectivity index (χ1) is 9.16. The first-order valence-corrected chi connectivity index (χ1v) is 5.85. The maximum Gasteiger partial charge on any atom is 0.271 e. The van der Waals surface area contributed by atoms with Gasteiger partial charge in [0.1, 0.15) is 5.75 Å². The molecule has 96 valence electrons. The van der Waals surface area contributed by atoms with Crippen LogP contribution in [-0.4, -0.2) is 17.2 Å². The van der Waals surface area contributed by atoms with Gasteiger partial charge in [-0.2, -0.15) is 5.10 Å². The Morgan fingerprint density at radius 3 is 2.53 bits per heavy atom. The molecule has 2 aromatic rings. The van der Waals surface area contributed by atoms with Crippen LogP contribution in [0.4, 0.5) is 0 Å². The number of carbonyl (C=O) groups excluding carboxylic acids is 1. The third kappa shape index (κ3) is 3.42. The molecular weight excluding hydrogens is 240 g/mol. The fraction of sp³-hybridized carbons (Fsp3) is 0.0667. The molecule has 0 aliphatic rings. The second-order valence-corrected chi connectivity index (χ2v) is 4.11. The topological polar surface area (TPSA) is 61.7 Å². The second kappa shape index (κ2) is 5.82. The zero-order valence-electron chi connectivity index (χ0n) is 10.5. The van der Waals surface area contributed by atoms with Crippen molar-refractivity contribution in [1.29, 1.82) is 0 Å². The lowest BCUT2D eigenvalue weighted by Crippen LogP contribution is -2.18. The number of hydrogen-bond acceptors (Lipinski definition) is 3. The molecule has 0 bridgehead atoms. The highest BCUT2D eigenvalue weighted by Gasteiger charge is 2.05. The SMILES string of the molecule is Cc1ccccc1C(=O)NN=Cc1ccc(O)cc1. The van der Waals surface area contributed by atoms with Crippen molar-refractivity contribution in [1.82, 2.24) is 5.43 Å². The number of rotatable bonds is 3. The molecule has 0 heterocycles. The van der Waals surface area contributed by atoms with E-state index in [4.69, 9.17) is 5.11 Å². The van der Waals surface area contributed by atoms with Crippen LogP contribution in [0.1, 0.15) is 21.5 Å². The van der Waals surface area contributed by atoms with Gasteiger partial charge in [0.15, 0.2) is 0 Å². The largest absolute Gasteiger partial charge is 0.508 e. The van der Waals surface area contributed by atoms with Crippen molar-refractivity contribution >= 4 is 12.1 Å². The number of benzene rings is 2. The molecule has 0 aliphatic carbocycles. The van der Waals surface area contributed by atoms with E-state index in [0.29, 0.717) is 5.56 Å². The Morgan fingerprint density at radius 2 is 1.84 bits per heavy atom. The molecule has 2 rings (SSSR count). The van der Waals surface area contributed by atoms with Crippen LogP contribution >= 0.6 is 0 Å². The average Bonchev–Trinajstić information content (AvgIpc) is 2.41. The average molecular weight is 254 g/mol. The van der Waals surface area contributed by atoms with Gasteiger partial charge in [-0.1, -0.05) is 18.2 Å². The van der Waals surface area contributed by atoms with Crippen molar-refractivity contribution in [2.24, 2.45) is 5.10 Å². The molecule has 4 heteroatoms. The van der Waals surface area contributed by atoms with Crippen LogP contribution in [0.2, 0.25) is 0 Å². The van der Waals surface area contributed by atoms with Gasteiger partial charge in [-0.25, -0.2) is 5.43 Å². The highest BCUT2D eigenvalue weighted by atomic mass is 16.3. The first-order valence-electron chi connectivity index (χ1n) is 5.85. The normalized spacial score (nSPS) is 10.6. The lowest BCUT2D eigenvalue weighted by molar-refractivity contribution is 0.0954. The van der Waals surface area contributed by atoms with Gasteiger partial charge in [0.25, 0.3) is 5.91 Å². The van der Waals surface area contributed by atoms with E-state index in [1.54, 1.807) is 30.3 Å². The third-order valence-electron chi connectivity index (χ3n) is 2.66. The molecule has 2 N–H and O–H groups in total. The zero-order chi connectivity index (χ0) is 13.7. The maximum atomic E-state index is 11.8. The van der Waals surface area contributed by atoms with Crippen LogP contribution in [0.15, 0.2) is 53.6 Å². The number of carbonyl (C=O) groups is 1. The molecule has 0 saturated carbocycles. The smallest absolute Gasteiger partial charge is 0.271 e. The highest BCUT2D eigenvalue weighted by Crippen LogP contribution is 2.08. The van der Waals surface area contributed by atoms with Crippen molar-refractivity contribution in [2.75, 3.05) is 0 Å². The van der Waals surface area contributed by atoms with Gasteiger partial charge in [-0.3, -0.25) is 4.79 Å². The van der Waals surface area contributed by atoms with Crippen molar-refractivity contribution in [3.05, 3.63) is 65.2 Å². The summed E-state index contributed by atoms with van der Waals surface area (Å²) in [4.78, 5) is 11.8. The Bertz CT molecular complexity index is 604. The summed E-state index contributed by atoms with van der Waals surface area (Å²) in [6.07, 6.45) is 1.52. The number of nitrogens with zero attached hydrogens (tertiary/aromatic N) is 1. The van der Waals surface area contributed by atoms with Gasteiger partial charge < -0.3 is 5.11 Å². The van der Waals surface area contributed by atoms with Crippen molar-refractivity contribution in [2.45, 2.75) is 6.92 Å². The second-order valence-electron chi connectivity index (χ2n) is 4.11. The van der Waals surface area contributed by atoms with Crippen LogP contribution in [0.3, 0.4) is 0 Å². The minimum absolute atomic E-state index is 0.195. The summed E-state index contributed by atoms with van der Waals surface area (Å²) in [6.45, 7) is 1.87. The number of aromatic hydroxyl groups is 1. The summed E-state index contributed by atoms with van der Waals surface area (Å²) in [5, 5.41) is 13.0. The van der Waals surface area contributed by atoms with E-state index in [-0.39, 0.29) is 11.7 Å². The van der Waals surface area contributed by atoms with Gasteiger partial charge in [-0.15, -0.1) is 0 Å². The summed E-state index contributed by atoms with van der Waals surface area (Å²) in [6, 6.07) is 13.9. The van der Waals surface area contributed by atoms with E-state index in [1.165, 1.54) is 6.21 Å². The predicted molar refractivity (Wildman–Crippen MR) is 74.3 cm³/mol. The Balaban J connectivity index is 2.01. The zero-order valence-corrected chi connectivity index (χ0v) is 10.5. The molecule has 0 aromatic heterocycles. The number of phenolic OH excluding ortho intramolecular Hbond substituents is 1. The number of phenols is 1. The lowest BCUT2D eigenvalue weighted by Gasteiger charge is -2.02. The van der Waals surface area contributed by atoms with Gasteiger partial charge in [-0.05, 0) is 48.4 Å². The fourth-order valence-electron chi connectivity index (χ4n) is 1.61. The molecule has 0 fully saturated rings. The molecule has 19 heavy (non-hydrogen) atoms. The standard InChI is InChI=1S/C15H14N2O2/c1-11-4-2-3-5-14(11)15(19)17-16-10-12-6-8-13(18)9-7-12/h2-10,18H,1H3,(H,17,19). The summed E-state index contributed by atoms with van der Waals surface area (Å²) >= 11 is 0. The van der Waals surface area contributed by atoms with Gasteiger partial charge in [0.05, 0.1) is 6.21 Å². The van der Waals surface area contributed by atoms with Crippen LogP contribution in [0.5, 0.6) is 5.75 Å². The van der Waals surface area contributed by atoms with Crippen molar-refractivity contribution < 1.29 is 9.90 Å². The molecule has 0 atom stereocenters. The van der Waals surface area contributed by atoms with Gasteiger partial charge in [0, 0.05) is 5.56 Å². The number of nitrogens with one attached hydrogen (secondary N) is 1. The lowest BCUT2D eigenvalue weighted by atomic mass is 10.1. The molecule has 0 aliphatic heterocycles. The monoisotopic (exact) mass is 254 g/mol.